The minimum Gasteiger partial charge on any atom is -0.444 e. The molecule has 0 aromatic carbocycles. The molecular formula is C42H69N9O15. The molecule has 0 bridgehead atoms. The van der Waals surface area contributed by atoms with Gasteiger partial charge < -0.3 is 60.3 Å². The van der Waals surface area contributed by atoms with E-state index in [2.05, 4.69) is 46.9 Å². The van der Waals surface area contributed by atoms with Crippen molar-refractivity contribution in [3.05, 3.63) is 0 Å². The van der Waals surface area contributed by atoms with Gasteiger partial charge in [-0.05, 0) is 99.3 Å². The first-order valence-electron chi connectivity index (χ1n) is 21.4. The monoisotopic (exact) mass is 939 g/mol. The zero-order valence-electron chi connectivity index (χ0n) is 40.7. The number of rotatable bonds is 21. The van der Waals surface area contributed by atoms with E-state index in [1.54, 1.807) is 104 Å². The first-order chi connectivity index (χ1) is 30.2. The molecule has 6 N–H and O–H groups in total. The molecule has 66 heavy (non-hydrogen) atoms. The zero-order chi connectivity index (χ0) is 50.7. The van der Waals surface area contributed by atoms with Crippen LogP contribution in [0.1, 0.15) is 123 Å². The van der Waals surface area contributed by atoms with Crippen molar-refractivity contribution in [2.24, 2.45) is 17.8 Å². The van der Waals surface area contributed by atoms with Gasteiger partial charge in [0.15, 0.2) is 0 Å². The summed E-state index contributed by atoms with van der Waals surface area (Å²) in [5.41, 5.74) is -2.53. The highest BCUT2D eigenvalue weighted by atomic mass is 16.6. The van der Waals surface area contributed by atoms with E-state index in [4.69, 9.17) is 28.4 Å². The van der Waals surface area contributed by atoms with Crippen molar-refractivity contribution in [2.75, 3.05) is 19.6 Å². The largest absolute Gasteiger partial charge is 0.444 e. The molecular weight excluding hydrogens is 871 g/mol. The molecule has 0 fully saturated rings. The van der Waals surface area contributed by atoms with Gasteiger partial charge in [0.1, 0.15) is 54.6 Å². The molecule has 24 nitrogen and oxygen atoms in total. The Hall–Kier alpha value is -6.36. The second-order valence-corrected chi connectivity index (χ2v) is 19.3. The Morgan fingerprint density at radius 2 is 0.621 bits per heavy atom. The fourth-order valence-corrected chi connectivity index (χ4v) is 5.13. The summed E-state index contributed by atoms with van der Waals surface area (Å²) in [4.78, 5) is 127. The molecule has 0 saturated carbocycles. The normalized spacial score (nSPS) is 13.0. The van der Waals surface area contributed by atoms with Gasteiger partial charge in [0.25, 0.3) is 0 Å². The number of esters is 3. The fourth-order valence-electron chi connectivity index (χ4n) is 5.13. The van der Waals surface area contributed by atoms with Gasteiger partial charge in [-0.25, -0.2) is 28.8 Å². The second-order valence-electron chi connectivity index (χ2n) is 19.3. The van der Waals surface area contributed by atoms with Crippen molar-refractivity contribution in [3.63, 3.8) is 0 Å². The van der Waals surface area contributed by atoms with E-state index in [-0.39, 0.29) is 37.0 Å². The highest BCUT2D eigenvalue weighted by Crippen LogP contribution is 2.19. The van der Waals surface area contributed by atoms with Crippen molar-refractivity contribution < 1.29 is 71.6 Å². The summed E-state index contributed by atoms with van der Waals surface area (Å²) < 4.78 is 31.7. The second kappa shape index (κ2) is 26.0. The van der Waals surface area contributed by atoms with E-state index < -0.39 is 127 Å². The molecule has 3 atom stereocenters. The molecule has 1 aromatic rings. The smallest absolute Gasteiger partial charge is 0.408 e. The van der Waals surface area contributed by atoms with E-state index in [1.165, 1.54) is 0 Å². The van der Waals surface area contributed by atoms with E-state index in [1.807, 2.05) is 0 Å². The molecule has 372 valence electrons. The van der Waals surface area contributed by atoms with Gasteiger partial charge >= 0.3 is 54.2 Å². The number of ether oxygens (including phenoxy) is 6. The molecule has 1 rings (SSSR count). The van der Waals surface area contributed by atoms with Crippen LogP contribution in [-0.2, 0) is 43.0 Å². The molecule has 24 heteroatoms. The summed E-state index contributed by atoms with van der Waals surface area (Å²) in [5.74, 6) is -6.35. The summed E-state index contributed by atoms with van der Waals surface area (Å²) in [5, 5.41) is 14.3. The Morgan fingerprint density at radius 1 is 0.409 bits per heavy atom. The summed E-state index contributed by atoms with van der Waals surface area (Å²) >= 11 is 0. The summed E-state index contributed by atoms with van der Waals surface area (Å²) in [6.45, 7) is 23.5. The number of aromatic nitrogens is 3. The highest BCUT2D eigenvalue weighted by molar-refractivity contribution is 5.89. The van der Waals surface area contributed by atoms with E-state index in [9.17, 15) is 43.2 Å². The molecule has 0 aliphatic rings. The van der Waals surface area contributed by atoms with Gasteiger partial charge in [0.2, 0.25) is 17.7 Å². The third-order valence-electron chi connectivity index (χ3n) is 7.51. The molecule has 0 saturated heterocycles. The maximum Gasteiger partial charge on any atom is 0.408 e. The third-order valence-corrected chi connectivity index (χ3v) is 7.51. The van der Waals surface area contributed by atoms with E-state index in [0.717, 1.165) is 0 Å². The third kappa shape index (κ3) is 26.4. The maximum absolute atomic E-state index is 13.6. The predicted molar refractivity (Wildman–Crippen MR) is 234 cm³/mol. The van der Waals surface area contributed by atoms with Crippen LogP contribution in [0.4, 0.5) is 14.4 Å². The minimum atomic E-state index is -1.36. The van der Waals surface area contributed by atoms with Crippen LogP contribution in [0.3, 0.4) is 0 Å². The van der Waals surface area contributed by atoms with Crippen LogP contribution in [0, 0.1) is 17.8 Å². The molecule has 0 spiro atoms. The Labute approximate surface area is 385 Å². The number of alkyl carbamates (subject to hydrolysis) is 3. The average molecular weight is 940 g/mol. The van der Waals surface area contributed by atoms with Crippen molar-refractivity contribution in [3.8, 4) is 18.0 Å². The van der Waals surface area contributed by atoms with Gasteiger partial charge in [-0.15, -0.1) is 15.0 Å². The number of carbonyl (C=O) groups is 9. The van der Waals surface area contributed by atoms with Crippen molar-refractivity contribution >= 4 is 53.9 Å². The molecule has 0 aliphatic carbocycles. The average Bonchev–Trinajstić information content (AvgIpc) is 3.12. The minimum absolute atomic E-state index is 0.0184. The van der Waals surface area contributed by atoms with Gasteiger partial charge in [-0.3, -0.25) is 14.4 Å². The Morgan fingerprint density at radius 3 is 0.803 bits per heavy atom. The van der Waals surface area contributed by atoms with Crippen molar-refractivity contribution in [2.45, 2.75) is 158 Å². The molecule has 0 unspecified atom stereocenters. The lowest BCUT2D eigenvalue weighted by atomic mass is 10.0. The number of nitrogens with zero attached hydrogens (tertiary/aromatic N) is 3. The first kappa shape index (κ1) is 57.7. The Balaban J connectivity index is 3.55. The Bertz CT molecular complexity index is 1650. The lowest BCUT2D eigenvalue weighted by molar-refractivity contribution is -0.141. The van der Waals surface area contributed by atoms with Crippen molar-refractivity contribution in [1.82, 2.24) is 46.9 Å². The molecule has 1 heterocycles. The number of hydrogen-bond acceptors (Lipinski definition) is 18. The fraction of sp³-hybridized carbons (Fsp3) is 0.714. The van der Waals surface area contributed by atoms with E-state index >= 15 is 0 Å². The Kier molecular flexibility index (Phi) is 22.7. The lowest BCUT2D eigenvalue weighted by Crippen LogP contribution is -2.48. The maximum atomic E-state index is 13.6. The van der Waals surface area contributed by atoms with Gasteiger partial charge in [-0.1, -0.05) is 41.5 Å². The number of amides is 6. The molecule has 0 radical (unpaired) electrons. The van der Waals surface area contributed by atoms with Gasteiger partial charge in [0, 0.05) is 0 Å². The lowest BCUT2D eigenvalue weighted by Gasteiger charge is -2.21. The number of nitrogens with one attached hydrogen (secondary N) is 6. The van der Waals surface area contributed by atoms with Crippen molar-refractivity contribution in [1.29, 1.82) is 0 Å². The quantitative estimate of drug-likeness (QED) is 0.0762. The van der Waals surface area contributed by atoms with Crippen LogP contribution < -0.4 is 46.1 Å². The SMILES string of the molecule is CC(C)C[C@H](NC(=O)CNC(=O)OC(C)(C)C)C(=O)Oc1nc(OC(=O)[C@H](CC(C)C)NC(=O)CNC(=O)OC(C)(C)C)nc(OC(=O)[C@H](CC(C)C)NC(=O)CNC(=O)OC(C)(C)C)n1. The topological polar surface area (TPSA) is 320 Å². The molecule has 6 amide bonds. The molecule has 1 aromatic heterocycles. The predicted octanol–water partition coefficient (Wildman–Crippen LogP) is 2.75. The standard InChI is InChI=1S/C42H69N9O15/c1-22(2)16-25(46-28(52)19-43-37(58)64-40(7,8)9)31(55)61-34-49-35(62-32(56)26(17-23(3)4)47-29(53)20-44-38(59)65-41(10,11)12)51-36(50-34)63-33(57)27(18-24(5)6)48-30(54)21-45-39(60)66-42(13,14)15/h22-27H,16-21H2,1-15H3,(H,43,58)(H,44,59)(H,45,60)(H,46,52)(H,47,53)(H,48,54)/t25-,26-,27-/m0/s1. The summed E-state index contributed by atoms with van der Waals surface area (Å²) in [6, 6.07) is -6.67. The first-order valence-corrected chi connectivity index (χ1v) is 21.4. The van der Waals surface area contributed by atoms with E-state index in [0.29, 0.717) is 0 Å². The highest BCUT2D eigenvalue weighted by Gasteiger charge is 2.31. The summed E-state index contributed by atoms with van der Waals surface area (Å²) in [6.07, 6.45) is -2.58. The van der Waals surface area contributed by atoms with Crippen LogP contribution in [0.2, 0.25) is 0 Å². The van der Waals surface area contributed by atoms with Crippen LogP contribution in [0.25, 0.3) is 0 Å². The summed E-state index contributed by atoms with van der Waals surface area (Å²) in [7, 11) is 0. The van der Waals surface area contributed by atoms with Crippen LogP contribution in [0.5, 0.6) is 18.0 Å². The zero-order valence-corrected chi connectivity index (χ0v) is 40.7. The van der Waals surface area contributed by atoms with Gasteiger partial charge in [0.05, 0.1) is 0 Å². The molecule has 0 aliphatic heterocycles. The van der Waals surface area contributed by atoms with Crippen LogP contribution in [-0.4, -0.2) is 123 Å². The van der Waals surface area contributed by atoms with Crippen LogP contribution >= 0.6 is 0 Å². The van der Waals surface area contributed by atoms with Crippen LogP contribution in [0.15, 0.2) is 0 Å². The number of carbonyl (C=O) groups excluding carboxylic acids is 9. The van der Waals surface area contributed by atoms with Gasteiger partial charge in [-0.2, -0.15) is 0 Å². The number of hydrogen-bond donors (Lipinski definition) is 6.